The SMILES string of the molecule is CC(C)c1ccc(N(C(=O)C(F)(F)F)[C@@H](C(=O)NC2CCCCC2)c2cccs2)cc1. The molecule has 1 aliphatic carbocycles. The minimum Gasteiger partial charge on any atom is -0.351 e. The summed E-state index contributed by atoms with van der Waals surface area (Å²) in [7, 11) is 0. The smallest absolute Gasteiger partial charge is 0.351 e. The maximum atomic E-state index is 13.6. The summed E-state index contributed by atoms with van der Waals surface area (Å²) >= 11 is 1.16. The second-order valence-corrected chi connectivity index (χ2v) is 9.16. The minimum absolute atomic E-state index is 0.0453. The number of carbonyl (C=O) groups excluding carboxylic acids is 2. The van der Waals surface area contributed by atoms with Crippen molar-refractivity contribution in [3.8, 4) is 0 Å². The third kappa shape index (κ3) is 5.67. The number of carbonyl (C=O) groups is 2. The van der Waals surface area contributed by atoms with Crippen molar-refractivity contribution in [2.45, 2.75) is 70.1 Å². The number of alkyl halides is 3. The Morgan fingerprint density at radius 1 is 1.06 bits per heavy atom. The predicted octanol–water partition coefficient (Wildman–Crippen LogP) is 5.96. The highest BCUT2D eigenvalue weighted by Crippen LogP contribution is 2.35. The van der Waals surface area contributed by atoms with Crippen molar-refractivity contribution in [1.82, 2.24) is 5.32 Å². The molecule has 31 heavy (non-hydrogen) atoms. The Labute approximate surface area is 184 Å². The van der Waals surface area contributed by atoms with Crippen LogP contribution in [0.3, 0.4) is 0 Å². The van der Waals surface area contributed by atoms with E-state index in [1.54, 1.807) is 29.6 Å². The fourth-order valence-corrected chi connectivity index (χ4v) is 4.70. The van der Waals surface area contributed by atoms with E-state index < -0.39 is 24.0 Å². The van der Waals surface area contributed by atoms with Gasteiger partial charge in [-0.25, -0.2) is 0 Å². The zero-order valence-corrected chi connectivity index (χ0v) is 18.4. The van der Waals surface area contributed by atoms with Gasteiger partial charge in [-0.05, 0) is 47.9 Å². The van der Waals surface area contributed by atoms with Crippen LogP contribution in [0, 0.1) is 0 Å². The summed E-state index contributed by atoms with van der Waals surface area (Å²) in [6.07, 6.45) is -0.510. The van der Waals surface area contributed by atoms with E-state index in [1.165, 1.54) is 12.1 Å². The van der Waals surface area contributed by atoms with Crippen LogP contribution in [-0.2, 0) is 9.59 Å². The minimum atomic E-state index is -5.11. The molecule has 1 fully saturated rings. The molecule has 0 spiro atoms. The van der Waals surface area contributed by atoms with E-state index in [9.17, 15) is 22.8 Å². The summed E-state index contributed by atoms with van der Waals surface area (Å²) in [5.41, 5.74) is 0.978. The molecule has 1 heterocycles. The molecule has 0 saturated heterocycles. The summed E-state index contributed by atoms with van der Waals surface area (Å²) in [4.78, 5) is 26.8. The van der Waals surface area contributed by atoms with Crippen molar-refractivity contribution < 1.29 is 22.8 Å². The van der Waals surface area contributed by atoms with Gasteiger partial charge in [0.2, 0.25) is 5.91 Å². The van der Waals surface area contributed by atoms with E-state index in [0.29, 0.717) is 9.78 Å². The highest BCUT2D eigenvalue weighted by molar-refractivity contribution is 7.10. The summed E-state index contributed by atoms with van der Waals surface area (Å²) < 4.78 is 40.8. The number of nitrogens with zero attached hydrogens (tertiary/aromatic N) is 1. The van der Waals surface area contributed by atoms with Crippen LogP contribution in [0.15, 0.2) is 41.8 Å². The van der Waals surface area contributed by atoms with Gasteiger partial charge in [0, 0.05) is 16.6 Å². The second kappa shape index (κ2) is 9.85. The molecule has 4 nitrogen and oxygen atoms in total. The largest absolute Gasteiger partial charge is 0.471 e. The molecule has 0 bridgehead atoms. The molecule has 0 aliphatic heterocycles. The number of thiophene rings is 1. The lowest BCUT2D eigenvalue weighted by Gasteiger charge is -2.33. The van der Waals surface area contributed by atoms with Crippen molar-refractivity contribution in [2.24, 2.45) is 0 Å². The first-order valence-corrected chi connectivity index (χ1v) is 11.4. The average molecular weight is 453 g/mol. The molecule has 2 aromatic rings. The summed E-state index contributed by atoms with van der Waals surface area (Å²) in [6, 6.07) is 8.13. The first-order chi connectivity index (χ1) is 14.7. The third-order valence-corrected chi connectivity index (χ3v) is 6.49. The third-order valence-electron chi connectivity index (χ3n) is 5.57. The van der Waals surface area contributed by atoms with Crippen LogP contribution >= 0.6 is 11.3 Å². The van der Waals surface area contributed by atoms with Gasteiger partial charge in [-0.1, -0.05) is 51.3 Å². The molecule has 168 valence electrons. The van der Waals surface area contributed by atoms with Crippen molar-refractivity contribution in [2.75, 3.05) is 4.90 Å². The average Bonchev–Trinajstić information content (AvgIpc) is 3.25. The number of rotatable bonds is 6. The van der Waals surface area contributed by atoms with E-state index in [1.807, 2.05) is 13.8 Å². The Morgan fingerprint density at radius 3 is 2.23 bits per heavy atom. The van der Waals surface area contributed by atoms with Gasteiger partial charge < -0.3 is 5.32 Å². The standard InChI is InChI=1S/C23H27F3N2O2S/c1-15(2)16-10-12-18(13-11-16)28(22(30)23(24,25)26)20(19-9-6-14-31-19)21(29)27-17-7-4-3-5-8-17/h6,9-15,17,20H,3-5,7-8H2,1-2H3,(H,27,29)/t20-/m1/s1. The second-order valence-electron chi connectivity index (χ2n) is 8.18. The molecular formula is C23H27F3N2O2S. The molecule has 1 aromatic carbocycles. The lowest BCUT2D eigenvalue weighted by atomic mass is 9.95. The van der Waals surface area contributed by atoms with Crippen molar-refractivity contribution in [3.63, 3.8) is 0 Å². The summed E-state index contributed by atoms with van der Waals surface area (Å²) in [6.45, 7) is 3.94. The molecule has 3 rings (SSSR count). The Bertz CT molecular complexity index is 873. The monoisotopic (exact) mass is 452 g/mol. The molecule has 8 heteroatoms. The number of benzene rings is 1. The fourth-order valence-electron chi connectivity index (χ4n) is 3.89. The molecule has 1 saturated carbocycles. The molecule has 1 aromatic heterocycles. The molecule has 0 radical (unpaired) electrons. The zero-order chi connectivity index (χ0) is 22.6. The number of hydrogen-bond acceptors (Lipinski definition) is 3. The first kappa shape index (κ1) is 23.3. The molecule has 1 aliphatic rings. The molecule has 0 unspecified atom stereocenters. The van der Waals surface area contributed by atoms with Crippen LogP contribution in [0.25, 0.3) is 0 Å². The maximum Gasteiger partial charge on any atom is 0.471 e. The van der Waals surface area contributed by atoms with Gasteiger partial charge in [0.1, 0.15) is 0 Å². The topological polar surface area (TPSA) is 49.4 Å². The Hall–Kier alpha value is -2.35. The quantitative estimate of drug-likeness (QED) is 0.588. The maximum absolute atomic E-state index is 13.6. The zero-order valence-electron chi connectivity index (χ0n) is 17.6. The van der Waals surface area contributed by atoms with Crippen LogP contribution in [0.2, 0.25) is 0 Å². The van der Waals surface area contributed by atoms with Gasteiger partial charge in [0.25, 0.3) is 0 Å². The highest BCUT2D eigenvalue weighted by Gasteiger charge is 2.47. The van der Waals surface area contributed by atoms with Gasteiger partial charge in [-0.2, -0.15) is 13.2 Å². The molecule has 1 atom stereocenters. The lowest BCUT2D eigenvalue weighted by Crippen LogP contribution is -2.50. The van der Waals surface area contributed by atoms with Crippen LogP contribution < -0.4 is 10.2 Å². The van der Waals surface area contributed by atoms with Crippen LogP contribution in [0.4, 0.5) is 18.9 Å². The number of amides is 2. The van der Waals surface area contributed by atoms with Gasteiger partial charge in [0.05, 0.1) is 0 Å². The molecular weight excluding hydrogens is 425 g/mol. The van der Waals surface area contributed by atoms with E-state index in [2.05, 4.69) is 5.32 Å². The van der Waals surface area contributed by atoms with E-state index >= 15 is 0 Å². The van der Waals surface area contributed by atoms with Crippen molar-refractivity contribution in [3.05, 3.63) is 52.2 Å². The molecule has 2 amide bonds. The number of nitrogens with one attached hydrogen (secondary N) is 1. The van der Waals surface area contributed by atoms with E-state index in [4.69, 9.17) is 0 Å². The van der Waals surface area contributed by atoms with Gasteiger partial charge in [0.15, 0.2) is 6.04 Å². The first-order valence-electron chi connectivity index (χ1n) is 10.5. The van der Waals surface area contributed by atoms with Crippen molar-refractivity contribution >= 4 is 28.8 Å². The summed E-state index contributed by atoms with van der Waals surface area (Å²) in [5, 5.41) is 4.59. The lowest BCUT2D eigenvalue weighted by molar-refractivity contribution is -0.171. The fraction of sp³-hybridized carbons (Fsp3) is 0.478. The summed E-state index contributed by atoms with van der Waals surface area (Å²) in [5.74, 6) is -2.45. The molecule has 1 N–H and O–H groups in total. The number of halogens is 3. The van der Waals surface area contributed by atoms with E-state index in [0.717, 1.165) is 49.0 Å². The Kier molecular flexibility index (Phi) is 7.41. The van der Waals surface area contributed by atoms with Gasteiger partial charge >= 0.3 is 12.1 Å². The van der Waals surface area contributed by atoms with Crippen LogP contribution in [0.5, 0.6) is 0 Å². The number of hydrogen-bond donors (Lipinski definition) is 1. The van der Waals surface area contributed by atoms with Crippen LogP contribution in [-0.4, -0.2) is 24.0 Å². The highest BCUT2D eigenvalue weighted by atomic mass is 32.1. The Morgan fingerprint density at radius 2 is 1.71 bits per heavy atom. The van der Waals surface area contributed by atoms with Crippen LogP contribution in [0.1, 0.15) is 68.4 Å². The van der Waals surface area contributed by atoms with Gasteiger partial charge in [-0.15, -0.1) is 11.3 Å². The van der Waals surface area contributed by atoms with Gasteiger partial charge in [-0.3, -0.25) is 14.5 Å². The van der Waals surface area contributed by atoms with Crippen molar-refractivity contribution in [1.29, 1.82) is 0 Å². The number of anilines is 1. The Balaban J connectivity index is 2.02. The van der Waals surface area contributed by atoms with E-state index in [-0.39, 0.29) is 17.6 Å². The predicted molar refractivity (Wildman–Crippen MR) is 116 cm³/mol. The normalized spacial score (nSPS) is 16.2.